The van der Waals surface area contributed by atoms with Crippen molar-refractivity contribution in [2.24, 2.45) is 5.92 Å². The minimum atomic E-state index is -0.726. The third-order valence-corrected chi connectivity index (χ3v) is 6.04. The van der Waals surface area contributed by atoms with Crippen LogP contribution in [0.25, 0.3) is 0 Å². The van der Waals surface area contributed by atoms with Crippen LogP contribution in [0.15, 0.2) is 40.9 Å². The maximum Gasteiger partial charge on any atom is 0.306 e. The molecule has 2 aromatic rings. The van der Waals surface area contributed by atoms with E-state index in [-0.39, 0.29) is 12.0 Å². The zero-order valence-electron chi connectivity index (χ0n) is 14.8. The summed E-state index contributed by atoms with van der Waals surface area (Å²) in [5, 5.41) is 10.5. The SMILES string of the molecule is COc1ccc(Br)cc1C(c1ccc(Cl)cc1Cl)N1CCC(C(=O)O)CC1. The number of benzene rings is 2. The predicted octanol–water partition coefficient (Wildman–Crippen LogP) is 5.65. The van der Waals surface area contributed by atoms with Crippen molar-refractivity contribution in [3.05, 3.63) is 62.0 Å². The summed E-state index contributed by atoms with van der Waals surface area (Å²) < 4.78 is 6.54. The number of methoxy groups -OCH3 is 1. The van der Waals surface area contributed by atoms with E-state index >= 15 is 0 Å². The number of hydrogen-bond donors (Lipinski definition) is 1. The second-order valence-corrected chi connectivity index (χ2v) is 8.36. The second-order valence-electron chi connectivity index (χ2n) is 6.60. The van der Waals surface area contributed by atoms with Gasteiger partial charge < -0.3 is 9.84 Å². The first kappa shape index (κ1) is 20.5. The lowest BCUT2D eigenvalue weighted by molar-refractivity contribution is -0.143. The van der Waals surface area contributed by atoms with Crippen LogP contribution in [0.3, 0.4) is 0 Å². The molecule has 0 amide bonds. The first-order chi connectivity index (χ1) is 12.9. The Hall–Kier alpha value is -1.27. The number of rotatable bonds is 5. The third kappa shape index (κ3) is 4.60. The van der Waals surface area contributed by atoms with Gasteiger partial charge in [-0.25, -0.2) is 0 Å². The van der Waals surface area contributed by atoms with Crippen molar-refractivity contribution in [3.63, 3.8) is 0 Å². The summed E-state index contributed by atoms with van der Waals surface area (Å²) in [6.07, 6.45) is 1.21. The molecule has 7 heteroatoms. The van der Waals surface area contributed by atoms with Crippen LogP contribution in [-0.2, 0) is 4.79 Å². The molecule has 0 radical (unpaired) electrons. The Bertz CT molecular complexity index is 838. The maximum absolute atomic E-state index is 11.3. The summed E-state index contributed by atoms with van der Waals surface area (Å²) in [6.45, 7) is 1.33. The van der Waals surface area contributed by atoms with Gasteiger partial charge in [-0.15, -0.1) is 0 Å². The van der Waals surface area contributed by atoms with Crippen LogP contribution in [0, 0.1) is 5.92 Å². The van der Waals surface area contributed by atoms with E-state index in [2.05, 4.69) is 20.8 Å². The summed E-state index contributed by atoms with van der Waals surface area (Å²) >= 11 is 16.2. The van der Waals surface area contributed by atoms with Crippen LogP contribution < -0.4 is 4.74 Å². The van der Waals surface area contributed by atoms with Crippen LogP contribution in [0.4, 0.5) is 0 Å². The number of carbonyl (C=O) groups is 1. The zero-order chi connectivity index (χ0) is 19.6. The van der Waals surface area contributed by atoms with Crippen LogP contribution in [-0.4, -0.2) is 36.2 Å². The molecule has 0 spiro atoms. The minimum absolute atomic E-state index is 0.156. The summed E-state index contributed by atoms with van der Waals surface area (Å²) in [7, 11) is 1.64. The van der Waals surface area contributed by atoms with E-state index < -0.39 is 5.97 Å². The van der Waals surface area contributed by atoms with E-state index in [9.17, 15) is 9.90 Å². The molecule has 1 fully saturated rings. The molecule has 27 heavy (non-hydrogen) atoms. The Kier molecular flexibility index (Phi) is 6.69. The first-order valence-corrected chi connectivity index (χ1v) is 10.2. The number of aliphatic carboxylic acids is 1. The van der Waals surface area contributed by atoms with Gasteiger partial charge in [0, 0.05) is 20.1 Å². The van der Waals surface area contributed by atoms with Gasteiger partial charge in [0.15, 0.2) is 0 Å². The molecule has 144 valence electrons. The number of hydrogen-bond acceptors (Lipinski definition) is 3. The Labute approximate surface area is 177 Å². The zero-order valence-corrected chi connectivity index (χ0v) is 17.9. The summed E-state index contributed by atoms with van der Waals surface area (Å²) in [5.41, 5.74) is 1.90. The largest absolute Gasteiger partial charge is 0.496 e. The summed E-state index contributed by atoms with van der Waals surface area (Å²) in [4.78, 5) is 13.6. The fourth-order valence-electron chi connectivity index (χ4n) is 3.61. The lowest BCUT2D eigenvalue weighted by Crippen LogP contribution is -2.39. The van der Waals surface area contributed by atoms with E-state index in [0.717, 1.165) is 21.3 Å². The highest BCUT2D eigenvalue weighted by atomic mass is 79.9. The summed E-state index contributed by atoms with van der Waals surface area (Å²) in [6, 6.07) is 11.2. The second kappa shape index (κ2) is 8.82. The fourth-order valence-corrected chi connectivity index (χ4v) is 4.50. The molecule has 1 aliphatic rings. The van der Waals surface area contributed by atoms with Gasteiger partial charge in [-0.05, 0) is 61.8 Å². The van der Waals surface area contributed by atoms with Crippen LogP contribution in [0.2, 0.25) is 10.0 Å². The van der Waals surface area contributed by atoms with Crippen LogP contribution >= 0.6 is 39.1 Å². The molecule has 4 nitrogen and oxygen atoms in total. The molecule has 1 atom stereocenters. The van der Waals surface area contributed by atoms with Gasteiger partial charge in [0.1, 0.15) is 5.75 Å². The van der Waals surface area contributed by atoms with Gasteiger partial charge >= 0.3 is 5.97 Å². The maximum atomic E-state index is 11.3. The summed E-state index contributed by atoms with van der Waals surface area (Å²) in [5.74, 6) is -0.266. The Morgan fingerprint density at radius 1 is 1.19 bits per heavy atom. The molecule has 1 saturated heterocycles. The molecule has 0 saturated carbocycles. The molecule has 0 bridgehead atoms. The fraction of sp³-hybridized carbons (Fsp3) is 0.350. The first-order valence-electron chi connectivity index (χ1n) is 8.66. The number of halogens is 3. The standard InChI is InChI=1S/C20H20BrCl2NO3/c1-27-18-5-2-13(21)10-16(18)19(15-4-3-14(22)11-17(15)23)24-8-6-12(7-9-24)20(25)26/h2-5,10-12,19H,6-9H2,1H3,(H,25,26). The normalized spacial score (nSPS) is 16.9. The highest BCUT2D eigenvalue weighted by Gasteiger charge is 2.32. The Morgan fingerprint density at radius 2 is 1.89 bits per heavy atom. The number of ether oxygens (including phenoxy) is 1. The average Bonchev–Trinajstić information content (AvgIpc) is 2.64. The van der Waals surface area contributed by atoms with Crippen molar-refractivity contribution in [3.8, 4) is 5.75 Å². The van der Waals surface area contributed by atoms with E-state index in [0.29, 0.717) is 36.0 Å². The topological polar surface area (TPSA) is 49.8 Å². The van der Waals surface area contributed by atoms with Gasteiger partial charge in [0.05, 0.1) is 19.1 Å². The van der Waals surface area contributed by atoms with Crippen molar-refractivity contribution in [1.29, 1.82) is 0 Å². The molecule has 3 rings (SSSR count). The van der Waals surface area contributed by atoms with E-state index in [1.165, 1.54) is 0 Å². The van der Waals surface area contributed by atoms with Crippen molar-refractivity contribution < 1.29 is 14.6 Å². The van der Waals surface area contributed by atoms with E-state index in [4.69, 9.17) is 27.9 Å². The highest BCUT2D eigenvalue weighted by Crippen LogP contribution is 2.41. The van der Waals surface area contributed by atoms with Crippen molar-refractivity contribution in [1.82, 2.24) is 4.90 Å². The smallest absolute Gasteiger partial charge is 0.306 e. The van der Waals surface area contributed by atoms with Gasteiger partial charge in [-0.1, -0.05) is 45.2 Å². The van der Waals surface area contributed by atoms with Crippen LogP contribution in [0.5, 0.6) is 5.75 Å². The van der Waals surface area contributed by atoms with Gasteiger partial charge in [-0.3, -0.25) is 9.69 Å². The quantitative estimate of drug-likeness (QED) is 0.610. The molecular weight excluding hydrogens is 453 g/mol. The number of likely N-dealkylation sites (tertiary alicyclic amines) is 1. The molecule has 0 aromatic heterocycles. The molecular formula is C20H20BrCl2NO3. The molecule has 0 aliphatic carbocycles. The number of piperidine rings is 1. The molecule has 1 heterocycles. The van der Waals surface area contributed by atoms with Gasteiger partial charge in [0.2, 0.25) is 0 Å². The Morgan fingerprint density at radius 3 is 2.48 bits per heavy atom. The van der Waals surface area contributed by atoms with Crippen molar-refractivity contribution in [2.75, 3.05) is 20.2 Å². The van der Waals surface area contributed by atoms with E-state index in [1.807, 2.05) is 30.3 Å². The number of carboxylic acids is 1. The average molecular weight is 473 g/mol. The molecule has 1 aliphatic heterocycles. The Balaban J connectivity index is 2.05. The molecule has 2 aromatic carbocycles. The van der Waals surface area contributed by atoms with Crippen molar-refractivity contribution in [2.45, 2.75) is 18.9 Å². The van der Waals surface area contributed by atoms with Crippen LogP contribution in [0.1, 0.15) is 30.0 Å². The predicted molar refractivity (Wildman–Crippen MR) is 111 cm³/mol. The third-order valence-electron chi connectivity index (χ3n) is 4.99. The highest BCUT2D eigenvalue weighted by molar-refractivity contribution is 9.10. The lowest BCUT2D eigenvalue weighted by Gasteiger charge is -2.38. The van der Waals surface area contributed by atoms with Crippen molar-refractivity contribution >= 4 is 45.1 Å². The minimum Gasteiger partial charge on any atom is -0.496 e. The van der Waals surface area contributed by atoms with Gasteiger partial charge in [0.25, 0.3) is 0 Å². The van der Waals surface area contributed by atoms with E-state index in [1.54, 1.807) is 13.2 Å². The van der Waals surface area contributed by atoms with Gasteiger partial charge in [-0.2, -0.15) is 0 Å². The lowest BCUT2D eigenvalue weighted by atomic mass is 9.91. The molecule has 1 N–H and O–H groups in total. The molecule has 1 unspecified atom stereocenters. The number of carboxylic acid groups (broad SMARTS) is 1. The monoisotopic (exact) mass is 471 g/mol. The number of nitrogens with zero attached hydrogens (tertiary/aromatic N) is 1.